The summed E-state index contributed by atoms with van der Waals surface area (Å²) in [5, 5.41) is 0.754. The lowest BCUT2D eigenvalue weighted by atomic mass is 10.0. The highest BCUT2D eigenvalue weighted by Gasteiger charge is 2.37. The van der Waals surface area contributed by atoms with Crippen LogP contribution in [0.3, 0.4) is 0 Å². The van der Waals surface area contributed by atoms with Gasteiger partial charge in [0, 0.05) is 41.2 Å². The van der Waals surface area contributed by atoms with Crippen molar-refractivity contribution in [3.05, 3.63) is 59.5 Å². The number of rotatable bonds is 3. The Bertz CT molecular complexity index is 1300. The molecule has 3 aromatic heterocycles. The Hall–Kier alpha value is -3.10. The Balaban J connectivity index is 1.40. The summed E-state index contributed by atoms with van der Waals surface area (Å²) in [6.07, 6.45) is 3.35. The van der Waals surface area contributed by atoms with Crippen LogP contribution in [0.1, 0.15) is 0 Å². The average Bonchev–Trinajstić information content (AvgIpc) is 3.41. The SMILES string of the molecule is Nc1ncnc2nc(-c3ccc(N4CC5COCC5C4)nc3)cc(-c3cccc(Br)c3)c12. The van der Waals surface area contributed by atoms with E-state index in [0.29, 0.717) is 23.3 Å². The number of halogens is 1. The summed E-state index contributed by atoms with van der Waals surface area (Å²) in [5.74, 6) is 2.66. The van der Waals surface area contributed by atoms with Crippen molar-refractivity contribution < 1.29 is 4.74 Å². The molecule has 0 amide bonds. The fourth-order valence-corrected chi connectivity index (χ4v) is 5.12. The molecule has 0 saturated carbocycles. The molecule has 32 heavy (non-hydrogen) atoms. The number of aromatic nitrogens is 4. The van der Waals surface area contributed by atoms with E-state index in [2.05, 4.69) is 49.0 Å². The van der Waals surface area contributed by atoms with Crippen LogP contribution in [0.15, 0.2) is 59.5 Å². The lowest BCUT2D eigenvalue weighted by Crippen LogP contribution is -2.23. The Morgan fingerprint density at radius 2 is 1.81 bits per heavy atom. The molecule has 2 unspecified atom stereocenters. The van der Waals surface area contributed by atoms with Gasteiger partial charge in [-0.15, -0.1) is 0 Å². The zero-order valence-corrected chi connectivity index (χ0v) is 18.9. The second-order valence-corrected chi connectivity index (χ2v) is 9.31. The van der Waals surface area contributed by atoms with Gasteiger partial charge < -0.3 is 15.4 Å². The molecule has 8 heteroatoms. The largest absolute Gasteiger partial charge is 0.383 e. The first-order chi connectivity index (χ1) is 15.7. The van der Waals surface area contributed by atoms with Crippen LogP contribution in [-0.4, -0.2) is 46.2 Å². The zero-order chi connectivity index (χ0) is 21.7. The summed E-state index contributed by atoms with van der Waals surface area (Å²) < 4.78 is 6.58. The topological polar surface area (TPSA) is 90.0 Å². The van der Waals surface area contributed by atoms with Crippen LogP contribution in [0.2, 0.25) is 0 Å². The van der Waals surface area contributed by atoms with E-state index in [1.54, 1.807) is 0 Å². The lowest BCUT2D eigenvalue weighted by molar-refractivity contribution is 0.177. The Morgan fingerprint density at radius 3 is 2.56 bits per heavy atom. The molecule has 2 fully saturated rings. The number of pyridine rings is 2. The first kappa shape index (κ1) is 19.6. The Labute approximate surface area is 193 Å². The van der Waals surface area contributed by atoms with Gasteiger partial charge in [0.05, 0.1) is 24.3 Å². The monoisotopic (exact) mass is 488 g/mol. The van der Waals surface area contributed by atoms with Crippen molar-refractivity contribution in [3.8, 4) is 22.4 Å². The van der Waals surface area contributed by atoms with Crippen LogP contribution in [0.4, 0.5) is 11.6 Å². The van der Waals surface area contributed by atoms with Crippen molar-refractivity contribution in [2.75, 3.05) is 36.9 Å². The van der Waals surface area contributed by atoms with Gasteiger partial charge in [-0.2, -0.15) is 0 Å². The number of hydrogen-bond acceptors (Lipinski definition) is 7. The van der Waals surface area contributed by atoms with Gasteiger partial charge in [0.1, 0.15) is 18.0 Å². The highest BCUT2D eigenvalue weighted by atomic mass is 79.9. The van der Waals surface area contributed by atoms with Gasteiger partial charge in [-0.05, 0) is 41.5 Å². The second kappa shape index (κ2) is 7.79. The third-order valence-corrected chi connectivity index (χ3v) is 6.87. The fourth-order valence-electron chi connectivity index (χ4n) is 4.72. The van der Waals surface area contributed by atoms with E-state index in [0.717, 1.165) is 64.4 Å². The number of hydrogen-bond donors (Lipinski definition) is 1. The molecule has 4 aromatic rings. The van der Waals surface area contributed by atoms with Crippen molar-refractivity contribution >= 4 is 38.6 Å². The Morgan fingerprint density at radius 1 is 0.969 bits per heavy atom. The number of anilines is 2. The fraction of sp³-hybridized carbons (Fsp3) is 0.250. The molecule has 6 rings (SSSR count). The minimum Gasteiger partial charge on any atom is -0.383 e. The van der Waals surface area contributed by atoms with Crippen LogP contribution >= 0.6 is 15.9 Å². The predicted octanol–water partition coefficient (Wildman–Crippen LogP) is 4.18. The van der Waals surface area contributed by atoms with Crippen LogP contribution in [0.25, 0.3) is 33.4 Å². The summed E-state index contributed by atoms with van der Waals surface area (Å²) in [6, 6.07) is 14.3. The van der Waals surface area contributed by atoms with E-state index < -0.39 is 0 Å². The number of benzene rings is 1. The molecule has 2 N–H and O–H groups in total. The molecule has 0 bridgehead atoms. The molecule has 5 heterocycles. The van der Waals surface area contributed by atoms with Gasteiger partial charge in [-0.1, -0.05) is 28.1 Å². The third-order valence-electron chi connectivity index (χ3n) is 6.38. The quantitative estimate of drug-likeness (QED) is 0.462. The van der Waals surface area contributed by atoms with Crippen molar-refractivity contribution in [2.45, 2.75) is 0 Å². The number of nitrogens with two attached hydrogens (primary N) is 1. The smallest absolute Gasteiger partial charge is 0.165 e. The van der Waals surface area contributed by atoms with E-state index in [-0.39, 0.29) is 0 Å². The maximum atomic E-state index is 6.22. The molecular formula is C24H21BrN6O. The number of fused-ring (bicyclic) bond motifs is 2. The normalized spacial score (nSPS) is 20.1. The number of nitrogens with zero attached hydrogens (tertiary/aromatic N) is 5. The van der Waals surface area contributed by atoms with Crippen molar-refractivity contribution in [2.24, 2.45) is 11.8 Å². The lowest BCUT2D eigenvalue weighted by Gasteiger charge is -2.18. The molecule has 2 atom stereocenters. The Kier molecular flexibility index (Phi) is 4.77. The molecule has 2 aliphatic rings. The van der Waals surface area contributed by atoms with Crippen LogP contribution in [0, 0.1) is 11.8 Å². The summed E-state index contributed by atoms with van der Waals surface area (Å²) in [6.45, 7) is 3.75. The summed E-state index contributed by atoms with van der Waals surface area (Å²) in [7, 11) is 0. The summed E-state index contributed by atoms with van der Waals surface area (Å²) in [5.41, 5.74) is 10.5. The van der Waals surface area contributed by atoms with Gasteiger partial charge in [0.25, 0.3) is 0 Å². The van der Waals surface area contributed by atoms with E-state index in [1.807, 2.05) is 30.5 Å². The van der Waals surface area contributed by atoms with E-state index >= 15 is 0 Å². The van der Waals surface area contributed by atoms with Crippen molar-refractivity contribution in [1.29, 1.82) is 0 Å². The third kappa shape index (κ3) is 3.40. The molecule has 7 nitrogen and oxygen atoms in total. The molecule has 2 aliphatic heterocycles. The average molecular weight is 489 g/mol. The van der Waals surface area contributed by atoms with Gasteiger partial charge in [0.15, 0.2) is 5.65 Å². The zero-order valence-electron chi connectivity index (χ0n) is 17.3. The van der Waals surface area contributed by atoms with Crippen LogP contribution in [-0.2, 0) is 4.74 Å². The highest BCUT2D eigenvalue weighted by molar-refractivity contribution is 9.10. The number of nitrogen functional groups attached to an aromatic ring is 1. The highest BCUT2D eigenvalue weighted by Crippen LogP contribution is 2.35. The maximum Gasteiger partial charge on any atom is 0.165 e. The molecule has 2 saturated heterocycles. The van der Waals surface area contributed by atoms with Crippen LogP contribution < -0.4 is 10.6 Å². The van der Waals surface area contributed by atoms with Gasteiger partial charge >= 0.3 is 0 Å². The second-order valence-electron chi connectivity index (χ2n) is 8.39. The molecular weight excluding hydrogens is 468 g/mol. The molecule has 1 aromatic carbocycles. The molecule has 0 spiro atoms. The van der Waals surface area contributed by atoms with E-state index in [1.165, 1.54) is 6.33 Å². The number of ether oxygens (including phenoxy) is 1. The van der Waals surface area contributed by atoms with Gasteiger partial charge in [-0.3, -0.25) is 0 Å². The standard InChI is InChI=1S/C24H21BrN6O/c25-18-3-1-2-14(6-18)19-7-20(30-24-22(19)23(26)28-13-29-24)15-4-5-21(27-8-15)31-9-16-11-32-12-17(16)10-31/h1-8,13,16-17H,9-12H2,(H2,26,28,29,30). The van der Waals surface area contributed by atoms with Gasteiger partial charge in [0.2, 0.25) is 0 Å². The van der Waals surface area contributed by atoms with Crippen molar-refractivity contribution in [3.63, 3.8) is 0 Å². The molecule has 0 radical (unpaired) electrons. The van der Waals surface area contributed by atoms with Crippen LogP contribution in [0.5, 0.6) is 0 Å². The molecule has 160 valence electrons. The summed E-state index contributed by atoms with van der Waals surface area (Å²) >= 11 is 3.56. The molecule has 0 aliphatic carbocycles. The maximum absolute atomic E-state index is 6.22. The predicted molar refractivity (Wildman–Crippen MR) is 128 cm³/mol. The van der Waals surface area contributed by atoms with E-state index in [4.69, 9.17) is 20.4 Å². The van der Waals surface area contributed by atoms with Gasteiger partial charge in [-0.25, -0.2) is 19.9 Å². The first-order valence-corrected chi connectivity index (χ1v) is 11.4. The van der Waals surface area contributed by atoms with Crippen molar-refractivity contribution in [1.82, 2.24) is 19.9 Å². The minimum absolute atomic E-state index is 0.418. The van der Waals surface area contributed by atoms with E-state index in [9.17, 15) is 0 Å². The first-order valence-electron chi connectivity index (χ1n) is 10.6. The summed E-state index contributed by atoms with van der Waals surface area (Å²) in [4.78, 5) is 20.5. The minimum atomic E-state index is 0.418.